The van der Waals surface area contributed by atoms with Crippen molar-refractivity contribution in [3.05, 3.63) is 12.7 Å². The maximum absolute atomic E-state index is 10.8. The predicted molar refractivity (Wildman–Crippen MR) is 58.4 cm³/mol. The lowest BCUT2D eigenvalue weighted by atomic mass is 10.1. The molecule has 0 bridgehead atoms. The van der Waals surface area contributed by atoms with Crippen molar-refractivity contribution in [2.75, 3.05) is 6.54 Å². The summed E-state index contributed by atoms with van der Waals surface area (Å²) >= 11 is 0. The summed E-state index contributed by atoms with van der Waals surface area (Å²) < 4.78 is 0. The van der Waals surface area contributed by atoms with E-state index in [4.69, 9.17) is 5.11 Å². The van der Waals surface area contributed by atoms with Crippen LogP contribution < -0.4 is 5.32 Å². The highest BCUT2D eigenvalue weighted by molar-refractivity contribution is 5.73. The van der Waals surface area contributed by atoms with E-state index in [-0.39, 0.29) is 0 Å². The van der Waals surface area contributed by atoms with Gasteiger partial charge in [0.1, 0.15) is 6.04 Å². The number of hydrogen-bond acceptors (Lipinski definition) is 2. The lowest BCUT2D eigenvalue weighted by Crippen LogP contribution is -2.36. The van der Waals surface area contributed by atoms with Crippen LogP contribution in [-0.4, -0.2) is 23.7 Å². The Kier molecular flexibility index (Phi) is 8.24. The van der Waals surface area contributed by atoms with Gasteiger partial charge in [0.05, 0.1) is 0 Å². The van der Waals surface area contributed by atoms with E-state index in [1.54, 1.807) is 6.08 Å². The monoisotopic (exact) mass is 199 g/mol. The first-order valence-corrected chi connectivity index (χ1v) is 5.29. The quantitative estimate of drug-likeness (QED) is 0.442. The summed E-state index contributed by atoms with van der Waals surface area (Å²) in [5.74, 6) is -0.761. The molecule has 0 saturated carbocycles. The third kappa shape index (κ3) is 6.66. The minimum absolute atomic E-state index is 0.412. The molecule has 1 unspecified atom stereocenters. The van der Waals surface area contributed by atoms with Crippen LogP contribution in [0.15, 0.2) is 12.7 Å². The molecule has 0 heterocycles. The van der Waals surface area contributed by atoms with Crippen LogP contribution in [0.2, 0.25) is 0 Å². The van der Waals surface area contributed by atoms with Crippen LogP contribution in [0.1, 0.15) is 39.0 Å². The molecule has 0 saturated heterocycles. The molecule has 0 rings (SSSR count). The van der Waals surface area contributed by atoms with Crippen molar-refractivity contribution in [2.24, 2.45) is 0 Å². The van der Waals surface area contributed by atoms with Crippen molar-refractivity contribution in [1.29, 1.82) is 0 Å². The Morgan fingerprint density at radius 3 is 2.71 bits per heavy atom. The molecule has 0 radical (unpaired) electrons. The third-order valence-electron chi connectivity index (χ3n) is 2.15. The molecule has 0 amide bonds. The van der Waals surface area contributed by atoms with Gasteiger partial charge >= 0.3 is 5.97 Å². The molecule has 0 aliphatic rings. The molecule has 0 aromatic heterocycles. The zero-order valence-corrected chi connectivity index (χ0v) is 8.96. The second-order valence-corrected chi connectivity index (χ2v) is 3.44. The maximum Gasteiger partial charge on any atom is 0.320 e. The summed E-state index contributed by atoms with van der Waals surface area (Å²) in [5, 5.41) is 11.8. The summed E-state index contributed by atoms with van der Waals surface area (Å²) in [6.07, 6.45) is 6.86. The van der Waals surface area contributed by atoms with Gasteiger partial charge in [0.2, 0.25) is 0 Å². The molecule has 0 aliphatic carbocycles. The molecular weight excluding hydrogens is 178 g/mol. The van der Waals surface area contributed by atoms with Crippen LogP contribution in [0.5, 0.6) is 0 Å². The number of rotatable bonds is 9. The topological polar surface area (TPSA) is 49.3 Å². The molecule has 2 N–H and O–H groups in total. The zero-order valence-electron chi connectivity index (χ0n) is 8.96. The van der Waals surface area contributed by atoms with Gasteiger partial charge in [-0.25, -0.2) is 0 Å². The standard InChI is InChI=1S/C11H21NO2/c1-3-5-6-7-8-10(11(13)14)12-9-4-2/h4,10,12H,2-3,5-9H2,1H3,(H,13,14). The fraction of sp³-hybridized carbons (Fsp3) is 0.727. The predicted octanol–water partition coefficient (Wildman–Crippen LogP) is 2.19. The van der Waals surface area contributed by atoms with E-state index in [0.29, 0.717) is 13.0 Å². The van der Waals surface area contributed by atoms with E-state index in [1.165, 1.54) is 12.8 Å². The Bertz CT molecular complexity index is 169. The minimum atomic E-state index is -0.761. The molecule has 0 fully saturated rings. The molecule has 14 heavy (non-hydrogen) atoms. The SMILES string of the molecule is C=CCNC(CCCCCC)C(=O)O. The Hall–Kier alpha value is -0.830. The van der Waals surface area contributed by atoms with Crippen LogP contribution in [0.25, 0.3) is 0 Å². The van der Waals surface area contributed by atoms with Gasteiger partial charge in [0.15, 0.2) is 0 Å². The van der Waals surface area contributed by atoms with Gasteiger partial charge in [-0.3, -0.25) is 4.79 Å². The van der Waals surface area contributed by atoms with E-state index >= 15 is 0 Å². The third-order valence-corrected chi connectivity index (χ3v) is 2.15. The molecule has 3 nitrogen and oxygen atoms in total. The summed E-state index contributed by atoms with van der Waals surface area (Å²) in [6, 6.07) is -0.412. The van der Waals surface area contributed by atoms with Crippen molar-refractivity contribution in [2.45, 2.75) is 45.1 Å². The van der Waals surface area contributed by atoms with Gasteiger partial charge in [-0.1, -0.05) is 38.7 Å². The molecule has 0 aromatic carbocycles. The molecule has 82 valence electrons. The zero-order chi connectivity index (χ0) is 10.8. The number of aliphatic carboxylic acids is 1. The molecule has 0 aromatic rings. The van der Waals surface area contributed by atoms with E-state index < -0.39 is 12.0 Å². The second kappa shape index (κ2) is 8.75. The number of unbranched alkanes of at least 4 members (excludes halogenated alkanes) is 3. The van der Waals surface area contributed by atoms with Crippen molar-refractivity contribution in [3.8, 4) is 0 Å². The van der Waals surface area contributed by atoms with Gasteiger partial charge in [0.25, 0.3) is 0 Å². The van der Waals surface area contributed by atoms with Gasteiger partial charge < -0.3 is 10.4 Å². The fourth-order valence-corrected chi connectivity index (χ4v) is 1.31. The van der Waals surface area contributed by atoms with Crippen molar-refractivity contribution < 1.29 is 9.90 Å². The first kappa shape index (κ1) is 13.2. The van der Waals surface area contributed by atoms with Crippen molar-refractivity contribution >= 4 is 5.97 Å². The molecule has 0 spiro atoms. The highest BCUT2D eigenvalue weighted by Gasteiger charge is 2.14. The van der Waals surface area contributed by atoms with Crippen LogP contribution in [0, 0.1) is 0 Å². The smallest absolute Gasteiger partial charge is 0.320 e. The lowest BCUT2D eigenvalue weighted by Gasteiger charge is -2.12. The summed E-state index contributed by atoms with van der Waals surface area (Å²) in [6.45, 7) is 6.25. The second-order valence-electron chi connectivity index (χ2n) is 3.44. The van der Waals surface area contributed by atoms with Crippen LogP contribution in [-0.2, 0) is 4.79 Å². The van der Waals surface area contributed by atoms with E-state index in [2.05, 4.69) is 18.8 Å². The Morgan fingerprint density at radius 2 is 2.21 bits per heavy atom. The van der Waals surface area contributed by atoms with Crippen LogP contribution in [0.4, 0.5) is 0 Å². The number of carbonyl (C=O) groups is 1. The fourth-order valence-electron chi connectivity index (χ4n) is 1.31. The number of carboxylic acid groups (broad SMARTS) is 1. The normalized spacial score (nSPS) is 12.4. The van der Waals surface area contributed by atoms with Gasteiger partial charge in [-0.15, -0.1) is 6.58 Å². The molecule has 3 heteroatoms. The van der Waals surface area contributed by atoms with E-state index in [0.717, 1.165) is 12.8 Å². The van der Waals surface area contributed by atoms with Gasteiger partial charge in [0, 0.05) is 6.54 Å². The van der Waals surface area contributed by atoms with Crippen molar-refractivity contribution in [3.63, 3.8) is 0 Å². The van der Waals surface area contributed by atoms with E-state index in [1.807, 2.05) is 0 Å². The van der Waals surface area contributed by atoms with Crippen LogP contribution in [0.3, 0.4) is 0 Å². The minimum Gasteiger partial charge on any atom is -0.480 e. The van der Waals surface area contributed by atoms with Crippen LogP contribution >= 0.6 is 0 Å². The Labute approximate surface area is 86.2 Å². The summed E-state index contributed by atoms with van der Waals surface area (Å²) in [4.78, 5) is 10.8. The van der Waals surface area contributed by atoms with Gasteiger partial charge in [-0.05, 0) is 6.42 Å². The number of nitrogens with one attached hydrogen (secondary N) is 1. The first-order valence-electron chi connectivity index (χ1n) is 5.29. The average Bonchev–Trinajstić information content (AvgIpc) is 2.16. The highest BCUT2D eigenvalue weighted by Crippen LogP contribution is 2.05. The molecular formula is C11H21NO2. The largest absolute Gasteiger partial charge is 0.480 e. The molecule has 1 atom stereocenters. The molecule has 0 aliphatic heterocycles. The Morgan fingerprint density at radius 1 is 1.50 bits per heavy atom. The number of carboxylic acids is 1. The first-order chi connectivity index (χ1) is 6.72. The van der Waals surface area contributed by atoms with Crippen molar-refractivity contribution in [1.82, 2.24) is 5.32 Å². The Balaban J connectivity index is 3.62. The van der Waals surface area contributed by atoms with E-state index in [9.17, 15) is 4.79 Å². The summed E-state index contributed by atoms with van der Waals surface area (Å²) in [7, 11) is 0. The summed E-state index contributed by atoms with van der Waals surface area (Å²) in [5.41, 5.74) is 0. The average molecular weight is 199 g/mol. The maximum atomic E-state index is 10.8. The van der Waals surface area contributed by atoms with Gasteiger partial charge in [-0.2, -0.15) is 0 Å². The lowest BCUT2D eigenvalue weighted by molar-refractivity contribution is -0.139. The highest BCUT2D eigenvalue weighted by atomic mass is 16.4. The number of hydrogen-bond donors (Lipinski definition) is 2.